The minimum absolute atomic E-state index is 0.0978. The van der Waals surface area contributed by atoms with E-state index in [-0.39, 0.29) is 5.92 Å². The van der Waals surface area contributed by atoms with Gasteiger partial charge in [-0.05, 0) is 23.3 Å². The number of aromatic nitrogens is 2. The molecule has 0 saturated carbocycles. The molecule has 0 aliphatic rings. The summed E-state index contributed by atoms with van der Waals surface area (Å²) in [4.78, 5) is 12.4. The summed E-state index contributed by atoms with van der Waals surface area (Å²) in [7, 11) is 0. The standard InChI is InChI=1S/C21H17N3/c1-3-9-16(10-4-1)18(17-11-5-2-6-12-17)15-22-21-23-19-13-7-8-14-20(19)24-21/h1-15,18H,(H,23,24)/b22-15+. The highest BCUT2D eigenvalue weighted by molar-refractivity contribution is 5.79. The molecule has 0 amide bonds. The molecular weight excluding hydrogens is 294 g/mol. The van der Waals surface area contributed by atoms with Crippen molar-refractivity contribution >= 4 is 23.2 Å². The number of aromatic amines is 1. The van der Waals surface area contributed by atoms with E-state index in [1.54, 1.807) is 0 Å². The molecule has 3 heteroatoms. The average Bonchev–Trinajstić information content (AvgIpc) is 3.07. The largest absolute Gasteiger partial charge is 0.322 e. The van der Waals surface area contributed by atoms with E-state index < -0.39 is 0 Å². The number of aliphatic imine (C=N–C) groups is 1. The molecule has 0 atom stereocenters. The molecule has 0 fully saturated rings. The first-order valence-electron chi connectivity index (χ1n) is 7.99. The molecular formula is C21H17N3. The zero-order chi connectivity index (χ0) is 16.2. The number of rotatable bonds is 4. The Hall–Kier alpha value is -3.20. The van der Waals surface area contributed by atoms with Crippen LogP contribution in [0.15, 0.2) is 89.9 Å². The Morgan fingerprint density at radius 1 is 0.750 bits per heavy atom. The summed E-state index contributed by atoms with van der Waals surface area (Å²) in [5.74, 6) is 0.730. The van der Waals surface area contributed by atoms with Gasteiger partial charge in [0, 0.05) is 12.1 Å². The van der Waals surface area contributed by atoms with Gasteiger partial charge in [0.05, 0.1) is 11.0 Å². The van der Waals surface area contributed by atoms with Crippen LogP contribution in [0.25, 0.3) is 11.0 Å². The third-order valence-electron chi connectivity index (χ3n) is 4.04. The van der Waals surface area contributed by atoms with Gasteiger partial charge >= 0.3 is 0 Å². The van der Waals surface area contributed by atoms with Crippen LogP contribution in [-0.2, 0) is 0 Å². The van der Waals surface area contributed by atoms with Crippen molar-refractivity contribution in [1.82, 2.24) is 9.97 Å². The summed E-state index contributed by atoms with van der Waals surface area (Å²) in [6.45, 7) is 0. The van der Waals surface area contributed by atoms with Gasteiger partial charge in [-0.25, -0.2) is 9.98 Å². The van der Waals surface area contributed by atoms with Crippen LogP contribution in [0.1, 0.15) is 17.0 Å². The van der Waals surface area contributed by atoms with E-state index in [9.17, 15) is 0 Å². The van der Waals surface area contributed by atoms with Gasteiger partial charge in [-0.2, -0.15) is 0 Å². The van der Waals surface area contributed by atoms with Crippen molar-refractivity contribution in [3.05, 3.63) is 96.1 Å². The number of hydrogen-bond acceptors (Lipinski definition) is 2. The molecule has 1 aromatic heterocycles. The van der Waals surface area contributed by atoms with Crippen LogP contribution < -0.4 is 0 Å². The van der Waals surface area contributed by atoms with E-state index in [1.807, 2.05) is 42.6 Å². The lowest BCUT2D eigenvalue weighted by molar-refractivity contribution is 1.09. The predicted octanol–water partition coefficient (Wildman–Crippen LogP) is 5.10. The van der Waals surface area contributed by atoms with Crippen molar-refractivity contribution < 1.29 is 0 Å². The Morgan fingerprint density at radius 3 is 1.96 bits per heavy atom. The van der Waals surface area contributed by atoms with Crippen LogP contribution in [0, 0.1) is 0 Å². The number of H-pyrrole nitrogens is 1. The Morgan fingerprint density at radius 2 is 1.33 bits per heavy atom. The van der Waals surface area contributed by atoms with E-state index >= 15 is 0 Å². The fraction of sp³-hybridized carbons (Fsp3) is 0.0476. The van der Waals surface area contributed by atoms with Crippen molar-refractivity contribution in [3.8, 4) is 0 Å². The number of nitrogens with zero attached hydrogens (tertiary/aromatic N) is 2. The van der Waals surface area contributed by atoms with Crippen LogP contribution in [0.3, 0.4) is 0 Å². The molecule has 4 rings (SSSR count). The summed E-state index contributed by atoms with van der Waals surface area (Å²) in [5, 5.41) is 0. The second-order valence-electron chi connectivity index (χ2n) is 5.65. The lowest BCUT2D eigenvalue weighted by Gasteiger charge is -2.12. The Kier molecular flexibility index (Phi) is 3.90. The molecule has 116 valence electrons. The average molecular weight is 311 g/mol. The molecule has 0 saturated heterocycles. The van der Waals surface area contributed by atoms with Crippen LogP contribution >= 0.6 is 0 Å². The van der Waals surface area contributed by atoms with Crippen molar-refractivity contribution in [3.63, 3.8) is 0 Å². The molecule has 3 aromatic carbocycles. The predicted molar refractivity (Wildman–Crippen MR) is 99.0 cm³/mol. The third kappa shape index (κ3) is 2.97. The number of nitrogens with one attached hydrogen (secondary N) is 1. The molecule has 0 spiro atoms. The third-order valence-corrected chi connectivity index (χ3v) is 4.04. The van der Waals surface area contributed by atoms with Crippen molar-refractivity contribution in [2.75, 3.05) is 0 Å². The summed E-state index contributed by atoms with van der Waals surface area (Å²) in [5.41, 5.74) is 4.35. The normalized spacial score (nSPS) is 11.5. The Bertz CT molecular complexity index is 883. The molecule has 1 N–H and O–H groups in total. The number of para-hydroxylation sites is 2. The first kappa shape index (κ1) is 14.4. The SMILES string of the molecule is C(=N\c1nc2ccccc2[nH]1)/C(c1ccccc1)c1ccccc1. The zero-order valence-corrected chi connectivity index (χ0v) is 13.1. The second-order valence-corrected chi connectivity index (χ2v) is 5.65. The van der Waals surface area contributed by atoms with Crippen LogP contribution in [0.4, 0.5) is 5.95 Å². The number of hydrogen-bond donors (Lipinski definition) is 1. The van der Waals surface area contributed by atoms with Gasteiger partial charge in [0.15, 0.2) is 0 Å². The van der Waals surface area contributed by atoms with Crippen molar-refractivity contribution in [1.29, 1.82) is 0 Å². The lowest BCUT2D eigenvalue weighted by Crippen LogP contribution is -2.02. The molecule has 0 bridgehead atoms. The number of fused-ring (bicyclic) bond motifs is 1. The van der Waals surface area contributed by atoms with Crippen LogP contribution in [-0.4, -0.2) is 16.2 Å². The van der Waals surface area contributed by atoms with Crippen LogP contribution in [0.5, 0.6) is 0 Å². The highest BCUT2D eigenvalue weighted by Crippen LogP contribution is 2.24. The minimum atomic E-state index is 0.0978. The number of imidazole rings is 1. The molecule has 0 unspecified atom stereocenters. The fourth-order valence-electron chi connectivity index (χ4n) is 2.83. The summed E-state index contributed by atoms with van der Waals surface area (Å²) in [6, 6.07) is 28.8. The van der Waals surface area contributed by atoms with E-state index in [4.69, 9.17) is 0 Å². The van der Waals surface area contributed by atoms with Gasteiger partial charge in [0.2, 0.25) is 5.95 Å². The Balaban J connectivity index is 1.71. The summed E-state index contributed by atoms with van der Waals surface area (Å²) >= 11 is 0. The van der Waals surface area contributed by atoms with E-state index in [0.717, 1.165) is 11.0 Å². The zero-order valence-electron chi connectivity index (χ0n) is 13.1. The van der Waals surface area contributed by atoms with E-state index in [1.165, 1.54) is 11.1 Å². The summed E-state index contributed by atoms with van der Waals surface area (Å²) in [6.07, 6.45) is 1.96. The lowest BCUT2D eigenvalue weighted by atomic mass is 9.92. The van der Waals surface area contributed by atoms with Gasteiger partial charge in [0.25, 0.3) is 0 Å². The second kappa shape index (κ2) is 6.50. The quantitative estimate of drug-likeness (QED) is 0.524. The maximum absolute atomic E-state index is 4.60. The fourth-order valence-corrected chi connectivity index (χ4v) is 2.83. The van der Waals surface area contributed by atoms with Crippen LogP contribution in [0.2, 0.25) is 0 Å². The smallest absolute Gasteiger partial charge is 0.227 e. The molecule has 0 aliphatic carbocycles. The highest BCUT2D eigenvalue weighted by Gasteiger charge is 2.11. The molecule has 0 aliphatic heterocycles. The minimum Gasteiger partial charge on any atom is -0.322 e. The molecule has 1 heterocycles. The first-order chi connectivity index (χ1) is 11.9. The van der Waals surface area contributed by atoms with Crippen molar-refractivity contribution in [2.24, 2.45) is 4.99 Å². The van der Waals surface area contributed by atoms with Gasteiger partial charge in [0.1, 0.15) is 0 Å². The maximum atomic E-state index is 4.60. The molecule has 3 nitrogen and oxygen atoms in total. The topological polar surface area (TPSA) is 41.0 Å². The maximum Gasteiger partial charge on any atom is 0.227 e. The molecule has 0 radical (unpaired) electrons. The first-order valence-corrected chi connectivity index (χ1v) is 7.99. The molecule has 4 aromatic rings. The van der Waals surface area contributed by atoms with Crippen molar-refractivity contribution in [2.45, 2.75) is 5.92 Å². The van der Waals surface area contributed by atoms with E-state index in [2.05, 4.69) is 63.5 Å². The number of benzene rings is 3. The monoisotopic (exact) mass is 311 g/mol. The van der Waals surface area contributed by atoms with Gasteiger partial charge in [-0.1, -0.05) is 72.8 Å². The van der Waals surface area contributed by atoms with E-state index in [0.29, 0.717) is 5.95 Å². The van der Waals surface area contributed by atoms with Gasteiger partial charge < -0.3 is 4.98 Å². The molecule has 24 heavy (non-hydrogen) atoms. The van der Waals surface area contributed by atoms with Gasteiger partial charge in [-0.3, -0.25) is 0 Å². The highest BCUT2D eigenvalue weighted by atomic mass is 15.1. The Labute approximate surface area is 140 Å². The van der Waals surface area contributed by atoms with Gasteiger partial charge in [-0.15, -0.1) is 0 Å². The summed E-state index contributed by atoms with van der Waals surface area (Å²) < 4.78 is 0.